The van der Waals surface area contributed by atoms with Crippen molar-refractivity contribution in [3.63, 3.8) is 0 Å². The van der Waals surface area contributed by atoms with E-state index in [1.54, 1.807) is 0 Å². The minimum atomic E-state index is -2.86. The molecule has 0 N–H and O–H groups in total. The van der Waals surface area contributed by atoms with Crippen LogP contribution >= 0.6 is 0 Å². The van der Waals surface area contributed by atoms with E-state index < -0.39 is 31.6 Å². The lowest BCUT2D eigenvalue weighted by Crippen LogP contribution is -2.68. The van der Waals surface area contributed by atoms with Crippen LogP contribution in [0, 0.1) is 0 Å². The Hall–Kier alpha value is -2.05. The molecule has 2 saturated heterocycles. The zero-order chi connectivity index (χ0) is 22.5. The van der Waals surface area contributed by atoms with E-state index in [4.69, 9.17) is 4.43 Å². The molecule has 0 spiro atoms. The first-order valence-corrected chi connectivity index (χ1v) is 12.8. The summed E-state index contributed by atoms with van der Waals surface area (Å²) in [6.45, 7) is 7.89. The van der Waals surface area contributed by atoms with Crippen LogP contribution in [0.4, 0.5) is 8.78 Å². The predicted octanol–water partition coefficient (Wildman–Crippen LogP) is 4.00. The minimum absolute atomic E-state index is 0.0303. The number of carbonyl (C=O) groups excluding carboxylic acids is 1. The van der Waals surface area contributed by atoms with Crippen LogP contribution in [0.15, 0.2) is 60.7 Å². The minimum Gasteiger partial charge on any atom is -0.405 e. The summed E-state index contributed by atoms with van der Waals surface area (Å²) in [5.74, 6) is -0.612. The van der Waals surface area contributed by atoms with Crippen LogP contribution in [0.3, 0.4) is 0 Å². The topological polar surface area (TPSA) is 29.5 Å². The van der Waals surface area contributed by atoms with Gasteiger partial charge in [0.15, 0.2) is 5.67 Å². The van der Waals surface area contributed by atoms with Crippen molar-refractivity contribution in [3.8, 4) is 0 Å². The summed E-state index contributed by atoms with van der Waals surface area (Å²) in [6, 6.07) is 20.3. The van der Waals surface area contributed by atoms with Crippen LogP contribution in [0.5, 0.6) is 0 Å². The highest BCUT2D eigenvalue weighted by Gasteiger charge is 2.63. The highest BCUT2D eigenvalue weighted by Crippen LogP contribution is 2.48. The fourth-order valence-corrected chi connectivity index (χ4v) is 10.3. The predicted molar refractivity (Wildman–Crippen MR) is 122 cm³/mol. The maximum atomic E-state index is 15.0. The van der Waals surface area contributed by atoms with E-state index in [-0.39, 0.29) is 31.0 Å². The molecule has 6 heteroatoms. The summed E-state index contributed by atoms with van der Waals surface area (Å²) in [6.07, 6.45) is -1.06. The summed E-state index contributed by atoms with van der Waals surface area (Å²) >= 11 is 0. The molecule has 3 nitrogen and oxygen atoms in total. The molecule has 2 fully saturated rings. The van der Waals surface area contributed by atoms with Crippen molar-refractivity contribution in [2.24, 2.45) is 0 Å². The number of rotatable bonds is 5. The smallest absolute Gasteiger partial charge is 0.261 e. The summed E-state index contributed by atoms with van der Waals surface area (Å²) in [5, 5.41) is 1.98. The van der Waals surface area contributed by atoms with Gasteiger partial charge in [-0.1, -0.05) is 81.4 Å². The molecule has 0 bridgehead atoms. The highest BCUT2D eigenvalue weighted by molar-refractivity contribution is 6.99. The van der Waals surface area contributed by atoms with Gasteiger partial charge in [-0.3, -0.25) is 4.79 Å². The van der Waals surface area contributed by atoms with Gasteiger partial charge in [-0.15, -0.1) is 0 Å². The molecule has 1 amide bonds. The fraction of sp³-hybridized carbons (Fsp3) is 0.480. The van der Waals surface area contributed by atoms with Crippen molar-refractivity contribution < 1.29 is 18.0 Å². The van der Waals surface area contributed by atoms with Crippen molar-refractivity contribution >= 4 is 24.6 Å². The van der Waals surface area contributed by atoms with E-state index >= 15 is 4.39 Å². The van der Waals surface area contributed by atoms with E-state index in [9.17, 15) is 9.18 Å². The number of amides is 1. The molecule has 2 aromatic carbocycles. The van der Waals surface area contributed by atoms with E-state index in [0.29, 0.717) is 0 Å². The first kappa shape index (κ1) is 22.2. The molecule has 0 aromatic heterocycles. The molecule has 2 aliphatic rings. The van der Waals surface area contributed by atoms with Gasteiger partial charge in [-0.05, 0) is 22.3 Å². The summed E-state index contributed by atoms with van der Waals surface area (Å²) in [4.78, 5) is 14.1. The SMILES string of the molecule is CC1(F)C[C@@]2(CO[Si](c3ccccc3)(c3ccccc3)C(C)(C)C)C[C@@H](F)CN2C1=O. The second kappa shape index (κ2) is 7.52. The third kappa shape index (κ3) is 3.54. The second-order valence-corrected chi connectivity index (χ2v) is 14.6. The van der Waals surface area contributed by atoms with Gasteiger partial charge in [0, 0.05) is 12.8 Å². The number of nitrogens with zero attached hydrogens (tertiary/aromatic N) is 1. The molecule has 2 aromatic rings. The molecular weight excluding hydrogens is 412 g/mol. The molecule has 31 heavy (non-hydrogen) atoms. The van der Waals surface area contributed by atoms with Gasteiger partial charge in [0.05, 0.1) is 18.7 Å². The summed E-state index contributed by atoms with van der Waals surface area (Å²) in [7, 11) is -2.86. The lowest BCUT2D eigenvalue weighted by atomic mass is 9.90. The van der Waals surface area contributed by atoms with Gasteiger partial charge in [-0.25, -0.2) is 8.78 Å². The average molecular weight is 444 g/mol. The Labute approximate surface area is 184 Å². The lowest BCUT2D eigenvalue weighted by Gasteiger charge is -2.45. The van der Waals surface area contributed by atoms with E-state index in [1.165, 1.54) is 11.8 Å². The molecule has 3 atom stereocenters. The second-order valence-electron chi connectivity index (χ2n) is 10.3. The number of alkyl halides is 2. The maximum Gasteiger partial charge on any atom is 0.261 e. The Kier molecular flexibility index (Phi) is 5.37. The third-order valence-corrected chi connectivity index (χ3v) is 11.9. The number of carbonyl (C=O) groups is 1. The Morgan fingerprint density at radius 3 is 2.06 bits per heavy atom. The molecule has 4 rings (SSSR count). The average Bonchev–Trinajstić information content (AvgIpc) is 3.11. The van der Waals surface area contributed by atoms with Gasteiger partial charge in [0.1, 0.15) is 6.17 Å². The van der Waals surface area contributed by atoms with Crippen LogP contribution in [0.25, 0.3) is 0 Å². The molecule has 0 radical (unpaired) electrons. The largest absolute Gasteiger partial charge is 0.405 e. The Morgan fingerprint density at radius 1 is 1.06 bits per heavy atom. The summed E-state index contributed by atoms with van der Waals surface area (Å²) < 4.78 is 36.5. The Morgan fingerprint density at radius 2 is 1.58 bits per heavy atom. The normalized spacial score (nSPS) is 28.8. The van der Waals surface area contributed by atoms with Crippen LogP contribution in [0.1, 0.15) is 40.5 Å². The Balaban J connectivity index is 1.80. The summed E-state index contributed by atoms with van der Waals surface area (Å²) in [5.41, 5.74) is -2.91. The van der Waals surface area contributed by atoms with Crippen molar-refractivity contribution in [2.75, 3.05) is 13.2 Å². The van der Waals surface area contributed by atoms with Crippen molar-refractivity contribution in [2.45, 2.75) is 63.0 Å². The van der Waals surface area contributed by atoms with Crippen LogP contribution in [-0.4, -0.2) is 49.7 Å². The van der Waals surface area contributed by atoms with E-state index in [0.717, 1.165) is 10.4 Å². The molecule has 0 aliphatic carbocycles. The quantitative estimate of drug-likeness (QED) is 0.654. The van der Waals surface area contributed by atoms with Crippen molar-refractivity contribution in [1.82, 2.24) is 4.90 Å². The standard InChI is InChI=1S/C25H31F2NO2Si/c1-23(2,3)31(20-11-7-5-8-12-20,21-13-9-6-10-14-21)30-18-25-15-19(26)16-28(25)22(29)24(4,27)17-25/h5-14,19H,15-18H2,1-4H3/t19-,24?,25-/m1/s1. The van der Waals surface area contributed by atoms with E-state index in [2.05, 4.69) is 45.0 Å². The maximum absolute atomic E-state index is 15.0. The van der Waals surface area contributed by atoms with Crippen LogP contribution in [-0.2, 0) is 9.22 Å². The number of hydrogen-bond acceptors (Lipinski definition) is 2. The van der Waals surface area contributed by atoms with Gasteiger partial charge < -0.3 is 9.33 Å². The molecule has 2 heterocycles. The van der Waals surface area contributed by atoms with E-state index in [1.807, 2.05) is 36.4 Å². The molecule has 2 aliphatic heterocycles. The van der Waals surface area contributed by atoms with Crippen LogP contribution in [0.2, 0.25) is 5.04 Å². The fourth-order valence-electron chi connectivity index (χ4n) is 5.61. The number of benzene rings is 2. The zero-order valence-corrected chi connectivity index (χ0v) is 19.7. The van der Waals surface area contributed by atoms with Crippen molar-refractivity contribution in [1.29, 1.82) is 0 Å². The number of halogens is 2. The monoisotopic (exact) mass is 443 g/mol. The molecule has 1 unspecified atom stereocenters. The molecule has 0 saturated carbocycles. The molecular formula is C25H31F2NO2Si. The van der Waals surface area contributed by atoms with Gasteiger partial charge in [0.25, 0.3) is 14.2 Å². The first-order chi connectivity index (χ1) is 14.5. The van der Waals surface area contributed by atoms with Gasteiger partial charge in [0.2, 0.25) is 0 Å². The van der Waals surface area contributed by atoms with Gasteiger partial charge in [-0.2, -0.15) is 0 Å². The Bertz CT molecular complexity index is 905. The number of hydrogen-bond donors (Lipinski definition) is 0. The van der Waals surface area contributed by atoms with Crippen LogP contribution < -0.4 is 10.4 Å². The van der Waals surface area contributed by atoms with Crippen molar-refractivity contribution in [3.05, 3.63) is 60.7 Å². The molecule has 166 valence electrons. The first-order valence-electron chi connectivity index (χ1n) is 10.9. The lowest BCUT2D eigenvalue weighted by molar-refractivity contribution is -0.138. The number of fused-ring (bicyclic) bond motifs is 1. The van der Waals surface area contributed by atoms with Gasteiger partial charge >= 0.3 is 0 Å². The highest BCUT2D eigenvalue weighted by atomic mass is 28.4. The third-order valence-electron chi connectivity index (χ3n) is 6.88. The zero-order valence-electron chi connectivity index (χ0n) is 18.7.